The molecule has 194 valence electrons. The van der Waals surface area contributed by atoms with Gasteiger partial charge in [0.15, 0.2) is 0 Å². The SMILES string of the molecule is C[C@@H]1C[C@H](O)c2ncnc(N3CCN(C(=O)C(CNC4CCOCC4)c4ccc(Br)c(F)c4)CC3)c21. The minimum absolute atomic E-state index is 0.00707. The number of aliphatic hydroxyl groups excluding tert-OH is 1. The zero-order valence-corrected chi connectivity index (χ0v) is 22.1. The Kier molecular flexibility index (Phi) is 7.85. The van der Waals surface area contributed by atoms with Crippen molar-refractivity contribution in [1.82, 2.24) is 20.2 Å². The van der Waals surface area contributed by atoms with E-state index in [-0.39, 0.29) is 17.6 Å². The highest BCUT2D eigenvalue weighted by atomic mass is 79.9. The van der Waals surface area contributed by atoms with Crippen LogP contribution in [0.4, 0.5) is 10.2 Å². The Balaban J connectivity index is 1.29. The summed E-state index contributed by atoms with van der Waals surface area (Å²) < 4.78 is 20.2. The lowest BCUT2D eigenvalue weighted by Gasteiger charge is -2.38. The third kappa shape index (κ3) is 5.27. The number of nitrogens with one attached hydrogen (secondary N) is 1. The number of carbonyl (C=O) groups is 1. The molecular weight excluding hydrogens is 529 g/mol. The summed E-state index contributed by atoms with van der Waals surface area (Å²) >= 11 is 3.22. The van der Waals surface area contributed by atoms with Crippen LogP contribution in [-0.2, 0) is 9.53 Å². The summed E-state index contributed by atoms with van der Waals surface area (Å²) in [5.41, 5.74) is 2.43. The second-order valence-corrected chi connectivity index (χ2v) is 10.8. The monoisotopic (exact) mass is 561 g/mol. The molecule has 36 heavy (non-hydrogen) atoms. The molecule has 8 nitrogen and oxygen atoms in total. The van der Waals surface area contributed by atoms with Gasteiger partial charge in [0, 0.05) is 57.5 Å². The molecule has 10 heteroatoms. The van der Waals surface area contributed by atoms with E-state index in [9.17, 15) is 14.3 Å². The van der Waals surface area contributed by atoms with Gasteiger partial charge in [0.25, 0.3) is 0 Å². The van der Waals surface area contributed by atoms with Gasteiger partial charge >= 0.3 is 0 Å². The van der Waals surface area contributed by atoms with E-state index in [2.05, 4.69) is 43.0 Å². The number of aliphatic hydroxyl groups is 1. The second kappa shape index (κ2) is 11.1. The van der Waals surface area contributed by atoms with Crippen molar-refractivity contribution >= 4 is 27.7 Å². The van der Waals surface area contributed by atoms with Crippen molar-refractivity contribution in [1.29, 1.82) is 0 Å². The number of carbonyl (C=O) groups excluding carboxylic acids is 1. The zero-order valence-electron chi connectivity index (χ0n) is 20.5. The number of rotatable bonds is 6. The summed E-state index contributed by atoms with van der Waals surface area (Å²) in [7, 11) is 0. The Bertz CT molecular complexity index is 1090. The molecule has 1 aromatic heterocycles. The van der Waals surface area contributed by atoms with Gasteiger partial charge in [-0.15, -0.1) is 0 Å². The van der Waals surface area contributed by atoms with Crippen LogP contribution in [0.15, 0.2) is 29.0 Å². The van der Waals surface area contributed by atoms with E-state index in [4.69, 9.17) is 4.74 Å². The first-order valence-corrected chi connectivity index (χ1v) is 13.5. The van der Waals surface area contributed by atoms with Gasteiger partial charge in [-0.2, -0.15) is 0 Å². The lowest BCUT2D eigenvalue weighted by atomic mass is 9.95. The topological polar surface area (TPSA) is 90.8 Å². The summed E-state index contributed by atoms with van der Waals surface area (Å²) in [6.45, 7) is 6.39. The molecule has 2 N–H and O–H groups in total. The van der Waals surface area contributed by atoms with Crippen molar-refractivity contribution in [3.63, 3.8) is 0 Å². The highest BCUT2D eigenvalue weighted by Crippen LogP contribution is 2.42. The van der Waals surface area contributed by atoms with Crippen LogP contribution >= 0.6 is 15.9 Å². The van der Waals surface area contributed by atoms with Crippen molar-refractivity contribution in [3.05, 3.63) is 51.6 Å². The Morgan fingerprint density at radius 1 is 1.25 bits per heavy atom. The molecule has 2 fully saturated rings. The number of hydrogen-bond acceptors (Lipinski definition) is 7. The third-order valence-electron chi connectivity index (χ3n) is 7.65. The molecule has 1 aromatic carbocycles. The number of fused-ring (bicyclic) bond motifs is 1. The lowest BCUT2D eigenvalue weighted by Crippen LogP contribution is -2.52. The largest absolute Gasteiger partial charge is 0.387 e. The highest BCUT2D eigenvalue weighted by molar-refractivity contribution is 9.10. The molecule has 1 unspecified atom stereocenters. The fourth-order valence-electron chi connectivity index (χ4n) is 5.58. The molecule has 0 spiro atoms. The second-order valence-electron chi connectivity index (χ2n) is 9.98. The van der Waals surface area contributed by atoms with E-state index in [1.165, 1.54) is 12.4 Å². The quantitative estimate of drug-likeness (QED) is 0.560. The number of ether oxygens (including phenoxy) is 1. The first-order valence-electron chi connectivity index (χ1n) is 12.7. The number of benzene rings is 1. The maximum atomic E-state index is 14.4. The molecule has 0 bridgehead atoms. The van der Waals surface area contributed by atoms with Gasteiger partial charge in [0.05, 0.1) is 22.2 Å². The van der Waals surface area contributed by atoms with E-state index < -0.39 is 12.0 Å². The smallest absolute Gasteiger partial charge is 0.231 e. The van der Waals surface area contributed by atoms with Crippen molar-refractivity contribution < 1.29 is 19.0 Å². The molecule has 3 heterocycles. The van der Waals surface area contributed by atoms with E-state index >= 15 is 0 Å². The summed E-state index contributed by atoms with van der Waals surface area (Å²) in [6, 6.07) is 5.26. The molecule has 2 aromatic rings. The molecule has 0 saturated carbocycles. The Labute approximate surface area is 219 Å². The summed E-state index contributed by atoms with van der Waals surface area (Å²) in [6.07, 6.45) is 3.45. The van der Waals surface area contributed by atoms with Gasteiger partial charge in [0.1, 0.15) is 18.0 Å². The number of hydrogen-bond donors (Lipinski definition) is 2. The van der Waals surface area contributed by atoms with Crippen LogP contribution in [0, 0.1) is 5.82 Å². The number of amides is 1. The standard InChI is InChI=1S/C26H33BrFN5O3/c1-16-12-22(34)24-23(16)25(31-15-30-24)32-6-8-33(9-7-32)26(35)19(14-29-18-4-10-36-11-5-18)17-2-3-20(27)21(28)13-17/h2-3,13,15-16,18-19,22,29,34H,4-12,14H2,1H3/t16-,19?,22+/m1/s1. The first kappa shape index (κ1) is 25.5. The van der Waals surface area contributed by atoms with E-state index in [0.717, 1.165) is 29.9 Å². The van der Waals surface area contributed by atoms with E-state index in [0.29, 0.717) is 68.4 Å². The normalized spacial score (nSPS) is 23.6. The van der Waals surface area contributed by atoms with Gasteiger partial charge in [-0.3, -0.25) is 4.79 Å². The minimum atomic E-state index is -0.546. The van der Waals surface area contributed by atoms with Crippen molar-refractivity contribution in [2.75, 3.05) is 50.8 Å². The van der Waals surface area contributed by atoms with E-state index in [1.807, 2.05) is 11.0 Å². The van der Waals surface area contributed by atoms with Crippen LogP contribution in [-0.4, -0.2) is 77.9 Å². The average Bonchev–Trinajstić information content (AvgIpc) is 3.20. The molecule has 2 aliphatic heterocycles. The van der Waals surface area contributed by atoms with Crippen LogP contribution in [0.2, 0.25) is 0 Å². The van der Waals surface area contributed by atoms with Crippen molar-refractivity contribution in [2.45, 2.75) is 50.2 Å². The molecule has 5 rings (SSSR count). The minimum Gasteiger partial charge on any atom is -0.387 e. The van der Waals surface area contributed by atoms with Gasteiger partial charge in [-0.25, -0.2) is 14.4 Å². The fourth-order valence-corrected chi connectivity index (χ4v) is 5.82. The molecule has 1 amide bonds. The molecular formula is C26H33BrFN5O3. The fraction of sp³-hybridized carbons (Fsp3) is 0.577. The maximum Gasteiger partial charge on any atom is 0.231 e. The van der Waals surface area contributed by atoms with Crippen LogP contribution in [0.3, 0.4) is 0 Å². The van der Waals surface area contributed by atoms with Crippen molar-refractivity contribution in [2.24, 2.45) is 0 Å². The molecule has 3 aliphatic rings. The zero-order chi connectivity index (χ0) is 25.2. The first-order chi connectivity index (χ1) is 17.4. The molecule has 2 saturated heterocycles. The van der Waals surface area contributed by atoms with Gasteiger partial charge in [-0.05, 0) is 58.8 Å². The number of piperazine rings is 1. The van der Waals surface area contributed by atoms with E-state index in [1.54, 1.807) is 6.07 Å². The third-order valence-corrected chi connectivity index (χ3v) is 8.29. The Hall–Kier alpha value is -2.14. The Morgan fingerprint density at radius 3 is 2.72 bits per heavy atom. The number of nitrogens with zero attached hydrogens (tertiary/aromatic N) is 4. The number of anilines is 1. The molecule has 1 aliphatic carbocycles. The van der Waals surface area contributed by atoms with Crippen LogP contribution in [0.5, 0.6) is 0 Å². The predicted molar refractivity (Wildman–Crippen MR) is 138 cm³/mol. The van der Waals surface area contributed by atoms with Crippen LogP contribution in [0.25, 0.3) is 0 Å². The maximum absolute atomic E-state index is 14.4. The molecule has 0 radical (unpaired) electrons. The summed E-state index contributed by atoms with van der Waals surface area (Å²) in [5, 5.41) is 13.9. The van der Waals surface area contributed by atoms with Gasteiger partial charge < -0.3 is 25.0 Å². The Morgan fingerprint density at radius 2 is 2.00 bits per heavy atom. The lowest BCUT2D eigenvalue weighted by molar-refractivity contribution is -0.133. The van der Waals surface area contributed by atoms with Gasteiger partial charge in [0.2, 0.25) is 5.91 Å². The summed E-state index contributed by atoms with van der Waals surface area (Å²) in [5.74, 6) is 0.228. The predicted octanol–water partition coefficient (Wildman–Crippen LogP) is 3.12. The average molecular weight is 562 g/mol. The van der Waals surface area contributed by atoms with Gasteiger partial charge in [-0.1, -0.05) is 13.0 Å². The number of halogens is 2. The van der Waals surface area contributed by atoms with Crippen LogP contribution in [0.1, 0.15) is 60.9 Å². The number of aromatic nitrogens is 2. The highest BCUT2D eigenvalue weighted by Gasteiger charge is 2.35. The summed E-state index contributed by atoms with van der Waals surface area (Å²) in [4.78, 5) is 26.7. The molecule has 3 atom stereocenters. The van der Waals surface area contributed by atoms with Crippen molar-refractivity contribution in [3.8, 4) is 0 Å². The van der Waals surface area contributed by atoms with Crippen LogP contribution < -0.4 is 10.2 Å².